The average molecular weight is 165 g/mol. The molecule has 1 N–H and O–H groups in total. The predicted octanol–water partition coefficient (Wildman–Crippen LogP) is -7.50. The minimum atomic E-state index is -5.36. The summed E-state index contributed by atoms with van der Waals surface area (Å²) in [6.45, 7) is 0. The van der Waals surface area contributed by atoms with Crippen LogP contribution in [0.2, 0.25) is 0 Å². The van der Waals surface area contributed by atoms with Crippen LogP contribution in [-0.2, 0) is 19.5 Å². The van der Waals surface area contributed by atoms with Gasteiger partial charge in [0.1, 0.15) is 0 Å². The van der Waals surface area contributed by atoms with E-state index in [9.17, 15) is 0 Å². The first-order chi connectivity index (χ1) is 2.00. The molecule has 0 rings (SSSR count). The summed E-state index contributed by atoms with van der Waals surface area (Å²) in [7, 11) is -5.36. The summed E-state index contributed by atoms with van der Waals surface area (Å²) in [6.07, 6.45) is 0. The van der Waals surface area contributed by atoms with Crippen molar-refractivity contribution in [3.8, 4) is 0 Å². The molecule has 0 aromatic rings. The molecular weight excluding hydrogens is 164 g/mol. The van der Waals surface area contributed by atoms with Gasteiger partial charge in [-0.2, -0.15) is 0 Å². The molecule has 32 valence electrons. The van der Waals surface area contributed by atoms with Crippen LogP contribution in [0.5, 0.6) is 0 Å². The van der Waals surface area contributed by atoms with Crippen molar-refractivity contribution in [3.05, 3.63) is 0 Å². The standard InChI is InChI=1S/Li.HO4Si.Zn/c;1-5(2,3)4;/h;1H;/q+1;-3;+2. The third-order valence-electron chi connectivity index (χ3n) is 0. The van der Waals surface area contributed by atoms with Crippen LogP contribution < -0.4 is 33.2 Å². The Kier molecular flexibility index (Phi) is 12.2. The molecule has 0 aromatic carbocycles. The summed E-state index contributed by atoms with van der Waals surface area (Å²) < 4.78 is 0. The maximum absolute atomic E-state index is 8.69. The molecule has 0 radical (unpaired) electrons. The Morgan fingerprint density at radius 3 is 1.14 bits per heavy atom. The molecule has 0 atom stereocenters. The summed E-state index contributed by atoms with van der Waals surface area (Å²) in [5, 5.41) is 0. The molecule has 0 spiro atoms. The molecule has 0 bridgehead atoms. The Morgan fingerprint density at radius 2 is 1.14 bits per heavy atom. The normalized spacial score (nSPS) is 8.57. The van der Waals surface area contributed by atoms with E-state index >= 15 is 0 Å². The van der Waals surface area contributed by atoms with Crippen LogP contribution in [-0.4, -0.2) is 13.8 Å². The quantitative estimate of drug-likeness (QED) is 0.361. The van der Waals surface area contributed by atoms with Crippen LogP contribution in [0.25, 0.3) is 0 Å². The van der Waals surface area contributed by atoms with Crippen molar-refractivity contribution >= 4 is 9.05 Å². The zero-order valence-corrected chi connectivity index (χ0v) is 7.85. The van der Waals surface area contributed by atoms with E-state index < -0.39 is 9.05 Å². The second-order valence-electron chi connectivity index (χ2n) is 0.524. The third kappa shape index (κ3) is 124. The third-order valence-corrected chi connectivity index (χ3v) is 0. The van der Waals surface area contributed by atoms with Gasteiger partial charge in [0, 0.05) is 0 Å². The van der Waals surface area contributed by atoms with Crippen molar-refractivity contribution in [3.63, 3.8) is 0 Å². The fraction of sp³-hybridized carbons (Fsp3) is 0. The molecule has 0 unspecified atom stereocenters. The number of hydrogen-bond acceptors (Lipinski definition) is 4. The van der Waals surface area contributed by atoms with E-state index in [1.54, 1.807) is 0 Å². The van der Waals surface area contributed by atoms with Crippen LogP contribution in [0.1, 0.15) is 0 Å². The SMILES string of the molecule is [Li+].[O-][Si]([O-])([O-])O.[Zn+2]. The van der Waals surface area contributed by atoms with Crippen LogP contribution in [0.3, 0.4) is 0 Å². The molecule has 0 aliphatic rings. The van der Waals surface area contributed by atoms with Gasteiger partial charge < -0.3 is 19.2 Å². The number of rotatable bonds is 0. The van der Waals surface area contributed by atoms with Gasteiger partial charge in [-0.1, -0.05) is 0 Å². The second kappa shape index (κ2) is 5.42. The Bertz CT molecular complexity index is 27.2. The largest absolute Gasteiger partial charge is 2.00 e. The Balaban J connectivity index is -0.0000000800. The van der Waals surface area contributed by atoms with E-state index in [0.717, 1.165) is 0 Å². The van der Waals surface area contributed by atoms with Crippen molar-refractivity contribution in [1.82, 2.24) is 0 Å². The first-order valence-corrected chi connectivity index (χ1v) is 2.51. The average Bonchev–Trinajstić information content (AvgIpc) is 0.722. The van der Waals surface area contributed by atoms with E-state index in [2.05, 4.69) is 0 Å². The van der Waals surface area contributed by atoms with E-state index in [0.29, 0.717) is 0 Å². The van der Waals surface area contributed by atoms with Gasteiger partial charge in [0.15, 0.2) is 0 Å². The molecule has 0 saturated carbocycles. The monoisotopic (exact) mass is 164 g/mol. The molecular formula is HLiO4SiZn. The molecule has 7 heteroatoms. The minimum Gasteiger partial charge on any atom is -0.861 e. The second-order valence-corrected chi connectivity index (χ2v) is 1.57. The Hall–Kier alpha value is 1.28. The van der Waals surface area contributed by atoms with Crippen LogP contribution in [0.15, 0.2) is 0 Å². The smallest absolute Gasteiger partial charge is 0.861 e. The molecule has 0 amide bonds. The summed E-state index contributed by atoms with van der Waals surface area (Å²) in [6, 6.07) is 0. The first-order valence-electron chi connectivity index (χ1n) is 0.836. The van der Waals surface area contributed by atoms with Gasteiger partial charge in [-0.05, 0) is 0 Å². The van der Waals surface area contributed by atoms with Gasteiger partial charge in [-0.15, -0.1) is 9.05 Å². The fourth-order valence-electron chi connectivity index (χ4n) is 0. The molecule has 0 aromatic heterocycles. The summed E-state index contributed by atoms with van der Waals surface area (Å²) >= 11 is 0. The van der Waals surface area contributed by atoms with Crippen molar-refractivity contribution in [1.29, 1.82) is 0 Å². The molecule has 0 aliphatic heterocycles. The van der Waals surface area contributed by atoms with Crippen LogP contribution in [0.4, 0.5) is 0 Å². The first kappa shape index (κ1) is 15.7. The molecule has 4 nitrogen and oxygen atoms in total. The Labute approximate surface area is 66.6 Å². The van der Waals surface area contributed by atoms with E-state index in [4.69, 9.17) is 19.2 Å². The summed E-state index contributed by atoms with van der Waals surface area (Å²) in [5.74, 6) is 0. The molecule has 0 aliphatic carbocycles. The molecule has 0 fully saturated rings. The maximum atomic E-state index is 8.69. The van der Waals surface area contributed by atoms with Crippen molar-refractivity contribution in [2.24, 2.45) is 0 Å². The van der Waals surface area contributed by atoms with Crippen LogP contribution in [0, 0.1) is 0 Å². The Morgan fingerprint density at radius 1 is 1.14 bits per heavy atom. The molecule has 0 heterocycles. The van der Waals surface area contributed by atoms with Gasteiger partial charge >= 0.3 is 38.3 Å². The predicted molar refractivity (Wildman–Crippen MR) is 7.97 cm³/mol. The zero-order valence-electron chi connectivity index (χ0n) is 3.88. The van der Waals surface area contributed by atoms with E-state index in [1.165, 1.54) is 0 Å². The summed E-state index contributed by atoms with van der Waals surface area (Å²) in [5.41, 5.74) is 0. The zero-order chi connectivity index (χ0) is 4.50. The van der Waals surface area contributed by atoms with Crippen molar-refractivity contribution in [2.75, 3.05) is 0 Å². The number of hydrogen-bond donors (Lipinski definition) is 1. The van der Waals surface area contributed by atoms with Gasteiger partial charge in [-0.25, -0.2) is 0 Å². The van der Waals surface area contributed by atoms with Crippen molar-refractivity contribution < 1.29 is 57.5 Å². The maximum Gasteiger partial charge on any atom is 2.00 e. The topological polar surface area (TPSA) is 89.4 Å². The van der Waals surface area contributed by atoms with Crippen molar-refractivity contribution in [2.45, 2.75) is 0 Å². The molecule has 7 heavy (non-hydrogen) atoms. The van der Waals surface area contributed by atoms with E-state index in [1.807, 2.05) is 0 Å². The summed E-state index contributed by atoms with van der Waals surface area (Å²) in [4.78, 5) is 33.1. The van der Waals surface area contributed by atoms with Gasteiger partial charge in [0.05, 0.1) is 0 Å². The van der Waals surface area contributed by atoms with E-state index in [-0.39, 0.29) is 38.3 Å². The molecule has 0 saturated heterocycles. The van der Waals surface area contributed by atoms with Crippen LogP contribution >= 0.6 is 0 Å². The van der Waals surface area contributed by atoms with Gasteiger partial charge in [0.25, 0.3) is 0 Å². The van der Waals surface area contributed by atoms with Gasteiger partial charge in [-0.3, -0.25) is 0 Å². The minimum absolute atomic E-state index is 0. The fourth-order valence-corrected chi connectivity index (χ4v) is 0. The van der Waals surface area contributed by atoms with Gasteiger partial charge in [0.2, 0.25) is 0 Å².